The second-order valence-corrected chi connectivity index (χ2v) is 6.47. The molecular formula is C16H23N5O3. The molecule has 1 amide bonds. The van der Waals surface area contributed by atoms with Crippen LogP contribution in [0, 0.1) is 12.8 Å². The van der Waals surface area contributed by atoms with E-state index in [1.165, 1.54) is 11.1 Å². The molecule has 2 atom stereocenters. The number of aryl methyl sites for hydroxylation is 2. The lowest BCUT2D eigenvalue weighted by Crippen LogP contribution is -2.43. The third kappa shape index (κ3) is 3.13. The van der Waals surface area contributed by atoms with Crippen molar-refractivity contribution in [2.75, 3.05) is 0 Å². The van der Waals surface area contributed by atoms with Crippen LogP contribution in [0.2, 0.25) is 0 Å². The molecule has 1 aliphatic carbocycles. The number of rotatable bonds is 4. The van der Waals surface area contributed by atoms with Gasteiger partial charge in [0.2, 0.25) is 0 Å². The summed E-state index contributed by atoms with van der Waals surface area (Å²) < 4.78 is 8.04. The number of carbonyl (C=O) groups excluding carboxylic acids is 1. The average Bonchev–Trinajstić information content (AvgIpc) is 3.09. The summed E-state index contributed by atoms with van der Waals surface area (Å²) in [5.41, 5.74) is 0.212. The van der Waals surface area contributed by atoms with Crippen molar-refractivity contribution in [3.05, 3.63) is 34.2 Å². The van der Waals surface area contributed by atoms with Crippen molar-refractivity contribution in [3.8, 4) is 0 Å². The van der Waals surface area contributed by atoms with Crippen LogP contribution in [0.4, 0.5) is 0 Å². The minimum Gasteiger partial charge on any atom is -0.448 e. The summed E-state index contributed by atoms with van der Waals surface area (Å²) in [5, 5.41) is 7.40. The maximum Gasteiger partial charge on any atom is 0.345 e. The van der Waals surface area contributed by atoms with E-state index in [0.29, 0.717) is 17.9 Å². The van der Waals surface area contributed by atoms with E-state index in [2.05, 4.69) is 15.4 Å². The van der Waals surface area contributed by atoms with E-state index >= 15 is 0 Å². The van der Waals surface area contributed by atoms with E-state index in [1.807, 2.05) is 0 Å². The zero-order chi connectivity index (χ0) is 17.3. The standard InChI is InChI=1S/C16H23N5O3/c1-10-14(17-9-24-10)15(22)18-12-7-5-4-6-11(12)8-13-19-21(3)16(23)20(13)2/h9,11-12H,4-8H2,1-3H3,(H,18,22)/t11-,12-/m1/s1. The highest BCUT2D eigenvalue weighted by Crippen LogP contribution is 2.27. The molecule has 0 aromatic carbocycles. The van der Waals surface area contributed by atoms with Gasteiger partial charge in [0.25, 0.3) is 5.91 Å². The van der Waals surface area contributed by atoms with Gasteiger partial charge in [-0.15, -0.1) is 0 Å². The van der Waals surface area contributed by atoms with E-state index in [0.717, 1.165) is 31.5 Å². The van der Waals surface area contributed by atoms with E-state index in [1.54, 1.807) is 25.6 Å². The Balaban J connectivity index is 1.73. The Morgan fingerprint density at radius 2 is 2.12 bits per heavy atom. The van der Waals surface area contributed by atoms with Crippen LogP contribution in [-0.2, 0) is 20.5 Å². The topological polar surface area (TPSA) is 95.0 Å². The molecule has 2 aromatic heterocycles. The predicted octanol–water partition coefficient (Wildman–Crippen LogP) is 0.947. The van der Waals surface area contributed by atoms with Crippen molar-refractivity contribution >= 4 is 5.91 Å². The molecule has 130 valence electrons. The van der Waals surface area contributed by atoms with E-state index in [9.17, 15) is 9.59 Å². The van der Waals surface area contributed by atoms with Crippen LogP contribution in [0.15, 0.2) is 15.6 Å². The maximum absolute atomic E-state index is 12.4. The molecule has 2 heterocycles. The first-order valence-corrected chi connectivity index (χ1v) is 8.27. The predicted molar refractivity (Wildman–Crippen MR) is 86.6 cm³/mol. The molecule has 24 heavy (non-hydrogen) atoms. The number of hydrogen-bond donors (Lipinski definition) is 1. The van der Waals surface area contributed by atoms with Crippen molar-refractivity contribution in [3.63, 3.8) is 0 Å². The first kappa shape index (κ1) is 16.5. The Hall–Kier alpha value is -2.38. The molecule has 8 heteroatoms. The Morgan fingerprint density at radius 3 is 2.75 bits per heavy atom. The van der Waals surface area contributed by atoms with Crippen molar-refractivity contribution in [2.45, 2.75) is 45.1 Å². The smallest absolute Gasteiger partial charge is 0.345 e. The van der Waals surface area contributed by atoms with Gasteiger partial charge in [0.15, 0.2) is 12.1 Å². The minimum absolute atomic E-state index is 0.0551. The number of amides is 1. The van der Waals surface area contributed by atoms with Crippen molar-refractivity contribution in [1.82, 2.24) is 24.6 Å². The molecule has 1 saturated carbocycles. The van der Waals surface area contributed by atoms with Crippen LogP contribution in [-0.4, -0.2) is 31.3 Å². The lowest BCUT2D eigenvalue weighted by molar-refractivity contribution is 0.0899. The Labute approximate surface area is 139 Å². The number of nitrogens with one attached hydrogen (secondary N) is 1. The summed E-state index contributed by atoms with van der Waals surface area (Å²) in [6.07, 6.45) is 6.10. The van der Waals surface area contributed by atoms with Crippen molar-refractivity contribution in [1.29, 1.82) is 0 Å². The number of carbonyl (C=O) groups is 1. The van der Waals surface area contributed by atoms with Crippen LogP contribution >= 0.6 is 0 Å². The molecule has 0 spiro atoms. The van der Waals surface area contributed by atoms with Crippen LogP contribution in [0.3, 0.4) is 0 Å². The van der Waals surface area contributed by atoms with E-state index in [4.69, 9.17) is 4.42 Å². The highest BCUT2D eigenvalue weighted by molar-refractivity contribution is 5.93. The minimum atomic E-state index is -0.201. The van der Waals surface area contributed by atoms with Gasteiger partial charge in [-0.2, -0.15) is 5.10 Å². The molecule has 3 rings (SSSR count). The third-order valence-corrected chi connectivity index (χ3v) is 4.85. The molecule has 1 fully saturated rings. The SMILES string of the molecule is Cc1ocnc1C(=O)N[C@@H]1CCCC[C@@H]1Cc1nn(C)c(=O)n1C. The van der Waals surface area contributed by atoms with E-state index < -0.39 is 0 Å². The number of hydrogen-bond acceptors (Lipinski definition) is 5. The summed E-state index contributed by atoms with van der Waals surface area (Å²) in [5.74, 6) is 1.33. The van der Waals surface area contributed by atoms with Crippen LogP contribution in [0.25, 0.3) is 0 Å². The lowest BCUT2D eigenvalue weighted by Gasteiger charge is -2.31. The maximum atomic E-state index is 12.4. The monoisotopic (exact) mass is 333 g/mol. The fourth-order valence-corrected chi connectivity index (χ4v) is 3.42. The summed E-state index contributed by atoms with van der Waals surface area (Å²) in [7, 11) is 3.39. The number of nitrogens with zero attached hydrogens (tertiary/aromatic N) is 4. The summed E-state index contributed by atoms with van der Waals surface area (Å²) >= 11 is 0. The highest BCUT2D eigenvalue weighted by atomic mass is 16.3. The van der Waals surface area contributed by atoms with Gasteiger partial charge >= 0.3 is 5.69 Å². The van der Waals surface area contributed by atoms with Gasteiger partial charge in [-0.25, -0.2) is 14.5 Å². The second-order valence-electron chi connectivity index (χ2n) is 6.47. The van der Waals surface area contributed by atoms with Gasteiger partial charge < -0.3 is 9.73 Å². The summed E-state index contributed by atoms with van der Waals surface area (Å²) in [6, 6.07) is 0.0551. The second kappa shape index (κ2) is 6.62. The molecule has 0 unspecified atom stereocenters. The third-order valence-electron chi connectivity index (χ3n) is 4.85. The molecule has 0 aliphatic heterocycles. The first-order chi connectivity index (χ1) is 11.5. The fourth-order valence-electron chi connectivity index (χ4n) is 3.42. The molecule has 0 bridgehead atoms. The fraction of sp³-hybridized carbons (Fsp3) is 0.625. The lowest BCUT2D eigenvalue weighted by atomic mass is 9.82. The summed E-state index contributed by atoms with van der Waals surface area (Å²) in [6.45, 7) is 1.73. The molecular weight excluding hydrogens is 310 g/mol. The molecule has 1 aliphatic rings. The van der Waals surface area contributed by atoms with E-state index in [-0.39, 0.29) is 23.6 Å². The van der Waals surface area contributed by atoms with Gasteiger partial charge in [-0.3, -0.25) is 9.36 Å². The van der Waals surface area contributed by atoms with Crippen molar-refractivity contribution < 1.29 is 9.21 Å². The van der Waals surface area contributed by atoms with Gasteiger partial charge in [0.05, 0.1) is 0 Å². The molecule has 0 saturated heterocycles. The van der Waals surface area contributed by atoms with Gasteiger partial charge in [0.1, 0.15) is 11.6 Å². The molecule has 0 radical (unpaired) electrons. The van der Waals surface area contributed by atoms with Crippen LogP contribution < -0.4 is 11.0 Å². The average molecular weight is 333 g/mol. The van der Waals surface area contributed by atoms with Crippen molar-refractivity contribution in [2.24, 2.45) is 20.0 Å². The molecule has 1 N–H and O–H groups in total. The first-order valence-electron chi connectivity index (χ1n) is 8.27. The quantitative estimate of drug-likeness (QED) is 0.899. The zero-order valence-corrected chi connectivity index (χ0v) is 14.3. The zero-order valence-electron chi connectivity index (χ0n) is 14.3. The molecule has 2 aromatic rings. The number of aromatic nitrogens is 4. The molecule has 8 nitrogen and oxygen atoms in total. The largest absolute Gasteiger partial charge is 0.448 e. The Kier molecular flexibility index (Phi) is 4.55. The highest BCUT2D eigenvalue weighted by Gasteiger charge is 2.29. The normalized spacial score (nSPS) is 21.0. The van der Waals surface area contributed by atoms with Gasteiger partial charge in [-0.1, -0.05) is 12.8 Å². The van der Waals surface area contributed by atoms with Crippen LogP contribution in [0.1, 0.15) is 47.8 Å². The van der Waals surface area contributed by atoms with Gasteiger partial charge in [0, 0.05) is 26.6 Å². The summed E-state index contributed by atoms with van der Waals surface area (Å²) in [4.78, 5) is 28.2. The van der Waals surface area contributed by atoms with Crippen LogP contribution in [0.5, 0.6) is 0 Å². The Morgan fingerprint density at radius 1 is 1.38 bits per heavy atom. The van der Waals surface area contributed by atoms with Gasteiger partial charge in [-0.05, 0) is 25.7 Å². The Bertz CT molecular complexity index is 788. The number of oxazole rings is 1.